The fourth-order valence-corrected chi connectivity index (χ4v) is 3.69. The Morgan fingerprint density at radius 1 is 1.24 bits per heavy atom. The van der Waals surface area contributed by atoms with Crippen molar-refractivity contribution in [1.29, 1.82) is 0 Å². The van der Waals surface area contributed by atoms with Crippen molar-refractivity contribution in [3.8, 4) is 11.5 Å². The number of rotatable bonds is 4. The van der Waals surface area contributed by atoms with E-state index in [9.17, 15) is 9.90 Å². The number of allylic oxidation sites excluding steroid dienone is 1. The van der Waals surface area contributed by atoms with Crippen molar-refractivity contribution in [2.75, 3.05) is 12.4 Å². The van der Waals surface area contributed by atoms with Crippen LogP contribution in [0.15, 0.2) is 53.7 Å². The van der Waals surface area contributed by atoms with Crippen LogP contribution in [0.3, 0.4) is 0 Å². The van der Waals surface area contributed by atoms with Gasteiger partial charge in [0.15, 0.2) is 11.5 Å². The van der Waals surface area contributed by atoms with E-state index >= 15 is 0 Å². The Morgan fingerprint density at radius 3 is 2.72 bits per heavy atom. The predicted molar refractivity (Wildman–Crippen MR) is 110 cm³/mol. The number of imidazole rings is 1. The summed E-state index contributed by atoms with van der Waals surface area (Å²) in [6.07, 6.45) is -0.251. The number of hydrogen-bond donors (Lipinski definition) is 2. The maximum atomic E-state index is 13.1. The minimum absolute atomic E-state index is 0.0351. The Morgan fingerprint density at radius 2 is 2.00 bits per heavy atom. The van der Waals surface area contributed by atoms with Crippen LogP contribution in [-0.4, -0.2) is 33.8 Å². The van der Waals surface area contributed by atoms with E-state index in [1.54, 1.807) is 18.2 Å². The van der Waals surface area contributed by atoms with Gasteiger partial charge in [0.2, 0.25) is 5.95 Å². The number of phenolic OH excluding ortho intramolecular Hbond substituents is 1. The molecule has 7 heteroatoms. The maximum Gasteiger partial charge on any atom is 0.338 e. The normalized spacial score (nSPS) is 16.0. The molecule has 0 unspecified atom stereocenters. The van der Waals surface area contributed by atoms with Gasteiger partial charge in [0.25, 0.3) is 0 Å². The number of hydrogen-bond acceptors (Lipinski definition) is 6. The molecule has 150 valence electrons. The number of phenols is 1. The van der Waals surface area contributed by atoms with Crippen molar-refractivity contribution in [3.05, 3.63) is 59.3 Å². The molecule has 1 atom stereocenters. The molecule has 1 aliphatic rings. The number of carbonyl (C=O) groups excluding carboxylic acids is 1. The Bertz CT molecular complexity index is 1130. The summed E-state index contributed by atoms with van der Waals surface area (Å²) < 4.78 is 12.8. The second-order valence-corrected chi connectivity index (χ2v) is 7.25. The largest absolute Gasteiger partial charge is 0.504 e. The Kier molecular flexibility index (Phi) is 4.66. The van der Waals surface area contributed by atoms with Crippen LogP contribution < -0.4 is 10.1 Å². The van der Waals surface area contributed by atoms with Crippen molar-refractivity contribution in [2.24, 2.45) is 0 Å². The molecule has 0 bridgehead atoms. The molecule has 3 aromatic rings. The molecule has 2 N–H and O–H groups in total. The van der Waals surface area contributed by atoms with Gasteiger partial charge >= 0.3 is 5.97 Å². The van der Waals surface area contributed by atoms with Crippen LogP contribution >= 0.6 is 0 Å². The number of esters is 1. The van der Waals surface area contributed by atoms with Crippen molar-refractivity contribution in [3.63, 3.8) is 0 Å². The van der Waals surface area contributed by atoms with E-state index in [0.717, 1.165) is 16.6 Å². The summed E-state index contributed by atoms with van der Waals surface area (Å²) in [7, 11) is 1.49. The fraction of sp³-hybridized carbons (Fsp3) is 0.273. The van der Waals surface area contributed by atoms with Crippen LogP contribution in [-0.2, 0) is 9.53 Å². The molecule has 1 aromatic heterocycles. The number of carbonyl (C=O) groups is 1. The molecule has 0 amide bonds. The molecule has 4 rings (SSSR count). The summed E-state index contributed by atoms with van der Waals surface area (Å²) in [4.78, 5) is 17.7. The third-order valence-corrected chi connectivity index (χ3v) is 4.91. The van der Waals surface area contributed by atoms with Gasteiger partial charge in [0, 0.05) is 5.70 Å². The highest BCUT2D eigenvalue weighted by Gasteiger charge is 2.35. The predicted octanol–water partition coefficient (Wildman–Crippen LogP) is 3.99. The molecule has 29 heavy (non-hydrogen) atoms. The van der Waals surface area contributed by atoms with Crippen molar-refractivity contribution < 1.29 is 19.4 Å². The monoisotopic (exact) mass is 393 g/mol. The van der Waals surface area contributed by atoms with Gasteiger partial charge in [-0.1, -0.05) is 18.2 Å². The molecule has 0 fully saturated rings. The molecule has 2 aromatic carbocycles. The minimum Gasteiger partial charge on any atom is -0.504 e. The number of benzene rings is 2. The summed E-state index contributed by atoms with van der Waals surface area (Å²) in [5.74, 6) is 0.612. The number of nitrogens with one attached hydrogen (secondary N) is 1. The second kappa shape index (κ2) is 7.16. The third kappa shape index (κ3) is 3.18. The second-order valence-electron chi connectivity index (χ2n) is 7.25. The number of aromatic nitrogens is 2. The fourth-order valence-electron chi connectivity index (χ4n) is 3.69. The van der Waals surface area contributed by atoms with E-state index in [1.165, 1.54) is 7.11 Å². The lowest BCUT2D eigenvalue weighted by Crippen LogP contribution is -2.30. The lowest BCUT2D eigenvalue weighted by atomic mass is 9.94. The molecule has 7 nitrogen and oxygen atoms in total. The summed E-state index contributed by atoms with van der Waals surface area (Å²) in [5, 5.41) is 13.3. The Labute approximate surface area is 168 Å². The first-order valence-corrected chi connectivity index (χ1v) is 9.43. The number of ether oxygens (including phenoxy) is 2. The average Bonchev–Trinajstić information content (AvgIpc) is 3.04. The van der Waals surface area contributed by atoms with E-state index in [1.807, 2.05) is 49.6 Å². The van der Waals surface area contributed by atoms with E-state index in [0.29, 0.717) is 23.0 Å². The van der Waals surface area contributed by atoms with Crippen LogP contribution in [0.5, 0.6) is 11.5 Å². The van der Waals surface area contributed by atoms with Crippen LogP contribution in [0.4, 0.5) is 5.95 Å². The first kappa shape index (κ1) is 18.9. The van der Waals surface area contributed by atoms with Gasteiger partial charge < -0.3 is 19.9 Å². The summed E-state index contributed by atoms with van der Waals surface area (Å²) >= 11 is 0. The number of aromatic hydroxyl groups is 1. The van der Waals surface area contributed by atoms with Gasteiger partial charge in [0.1, 0.15) is 0 Å². The summed E-state index contributed by atoms with van der Waals surface area (Å²) in [6.45, 7) is 5.48. The van der Waals surface area contributed by atoms with Crippen LogP contribution in [0.25, 0.3) is 11.0 Å². The molecular formula is C22H23N3O4. The summed E-state index contributed by atoms with van der Waals surface area (Å²) in [6, 6.07) is 12.3. The topological polar surface area (TPSA) is 85.6 Å². The molecule has 0 aliphatic carbocycles. The smallest absolute Gasteiger partial charge is 0.338 e. The van der Waals surface area contributed by atoms with E-state index in [-0.39, 0.29) is 11.9 Å². The van der Waals surface area contributed by atoms with Crippen LogP contribution in [0.1, 0.15) is 32.4 Å². The van der Waals surface area contributed by atoms with Crippen LogP contribution in [0, 0.1) is 0 Å². The number of para-hydroxylation sites is 2. The summed E-state index contributed by atoms with van der Waals surface area (Å²) in [5.41, 5.74) is 3.64. The molecule has 0 saturated carbocycles. The highest BCUT2D eigenvalue weighted by Crippen LogP contribution is 2.41. The van der Waals surface area contributed by atoms with Crippen molar-refractivity contribution in [1.82, 2.24) is 9.55 Å². The van der Waals surface area contributed by atoms with E-state index < -0.39 is 12.0 Å². The standard InChI is InChI=1S/C22H23N3O4/c1-12(2)29-21(27)19-13(3)23-22-24-15-7-5-6-8-16(15)25(22)20(19)14-9-10-17(26)18(11-14)28-4/h5-12,20,26H,1-4H3,(H,23,24)/t20-/m0/s1. The van der Waals surface area contributed by atoms with Gasteiger partial charge in [-0.15, -0.1) is 0 Å². The number of methoxy groups -OCH3 is 1. The first-order chi connectivity index (χ1) is 13.9. The van der Waals surface area contributed by atoms with Gasteiger partial charge in [-0.05, 0) is 50.6 Å². The highest BCUT2D eigenvalue weighted by molar-refractivity contribution is 5.94. The zero-order valence-corrected chi connectivity index (χ0v) is 16.8. The van der Waals surface area contributed by atoms with Crippen molar-refractivity contribution >= 4 is 23.0 Å². The molecule has 0 radical (unpaired) electrons. The van der Waals surface area contributed by atoms with E-state index in [2.05, 4.69) is 10.3 Å². The zero-order valence-electron chi connectivity index (χ0n) is 16.8. The zero-order chi connectivity index (χ0) is 20.7. The SMILES string of the molecule is COc1cc([C@H]2C(C(=O)OC(C)C)=C(C)Nc3nc4ccccc4n32)ccc1O. The lowest BCUT2D eigenvalue weighted by molar-refractivity contribution is -0.143. The first-order valence-electron chi connectivity index (χ1n) is 9.43. The highest BCUT2D eigenvalue weighted by atomic mass is 16.5. The average molecular weight is 393 g/mol. The number of anilines is 1. The third-order valence-electron chi connectivity index (χ3n) is 4.91. The van der Waals surface area contributed by atoms with Crippen LogP contribution in [0.2, 0.25) is 0 Å². The van der Waals surface area contributed by atoms with E-state index in [4.69, 9.17) is 9.47 Å². The number of fused-ring (bicyclic) bond motifs is 3. The van der Waals surface area contributed by atoms with Crippen molar-refractivity contribution in [2.45, 2.75) is 32.9 Å². The molecular weight excluding hydrogens is 370 g/mol. The Balaban J connectivity index is 1.97. The number of nitrogens with zero attached hydrogens (tertiary/aromatic N) is 2. The van der Waals surface area contributed by atoms with Gasteiger partial charge in [-0.25, -0.2) is 9.78 Å². The Hall–Kier alpha value is -3.48. The minimum atomic E-state index is -0.487. The quantitative estimate of drug-likeness (QED) is 0.652. The lowest BCUT2D eigenvalue weighted by Gasteiger charge is -2.30. The van der Waals surface area contributed by atoms with Gasteiger partial charge in [-0.3, -0.25) is 4.57 Å². The molecule has 1 aliphatic heterocycles. The molecule has 0 saturated heterocycles. The van der Waals surface area contributed by atoms with Gasteiger partial charge in [-0.2, -0.15) is 0 Å². The van der Waals surface area contributed by atoms with Gasteiger partial charge in [0.05, 0.1) is 35.9 Å². The molecule has 0 spiro atoms. The maximum absolute atomic E-state index is 13.1. The molecule has 2 heterocycles.